The second kappa shape index (κ2) is 5.27. The number of aliphatic hydroxyl groups is 2. The van der Waals surface area contributed by atoms with Gasteiger partial charge in [-0.2, -0.15) is 22.0 Å². The van der Waals surface area contributed by atoms with Gasteiger partial charge in [0, 0.05) is 5.56 Å². The number of hydrogen-bond donors (Lipinski definition) is 2. The van der Waals surface area contributed by atoms with Crippen molar-refractivity contribution in [2.75, 3.05) is 0 Å². The van der Waals surface area contributed by atoms with Gasteiger partial charge in [-0.25, -0.2) is 0 Å². The molecule has 2 N–H and O–H groups in total. The van der Waals surface area contributed by atoms with Crippen LogP contribution < -0.4 is 0 Å². The molecule has 0 heterocycles. The molecule has 124 valence electrons. The van der Waals surface area contributed by atoms with E-state index in [-0.39, 0.29) is 5.41 Å². The lowest BCUT2D eigenvalue weighted by Gasteiger charge is -2.31. The van der Waals surface area contributed by atoms with Crippen LogP contribution in [0.4, 0.5) is 22.0 Å². The summed E-state index contributed by atoms with van der Waals surface area (Å²) in [5.74, 6) is -13.2. The molecular formula is C14H15F5O3. The molecule has 1 rings (SSSR count). The Balaban J connectivity index is 3.20. The monoisotopic (exact) mass is 326 g/mol. The number of alkyl halides is 5. The summed E-state index contributed by atoms with van der Waals surface area (Å²) in [7, 11) is 0. The first kappa shape index (κ1) is 18.5. The van der Waals surface area contributed by atoms with E-state index in [1.54, 1.807) is 0 Å². The maximum absolute atomic E-state index is 13.5. The zero-order valence-electron chi connectivity index (χ0n) is 12.0. The van der Waals surface area contributed by atoms with E-state index >= 15 is 0 Å². The highest BCUT2D eigenvalue weighted by atomic mass is 19.4. The van der Waals surface area contributed by atoms with E-state index in [2.05, 4.69) is 0 Å². The molecule has 1 aromatic rings. The summed E-state index contributed by atoms with van der Waals surface area (Å²) < 4.78 is 64.0. The van der Waals surface area contributed by atoms with Gasteiger partial charge in [0.05, 0.1) is 0 Å². The Morgan fingerprint density at radius 3 is 1.64 bits per heavy atom. The Hall–Kier alpha value is -1.54. The number of benzene rings is 1. The van der Waals surface area contributed by atoms with E-state index in [9.17, 15) is 26.7 Å². The van der Waals surface area contributed by atoms with Crippen LogP contribution in [-0.4, -0.2) is 33.9 Å². The van der Waals surface area contributed by atoms with Crippen molar-refractivity contribution in [1.82, 2.24) is 0 Å². The van der Waals surface area contributed by atoms with Crippen molar-refractivity contribution in [2.45, 2.75) is 44.1 Å². The first-order valence-electron chi connectivity index (χ1n) is 6.17. The standard InChI is InChI=1S/C14H15F5O3/c1-11(2,3)9-6-4-8(5-7-9)10(20)12(15,16)13(21,22)14(17,18)19/h4-7,21-22H,1-3H3. The lowest BCUT2D eigenvalue weighted by atomic mass is 9.86. The first-order chi connectivity index (χ1) is 9.62. The summed E-state index contributed by atoms with van der Waals surface area (Å²) in [4.78, 5) is 11.6. The predicted molar refractivity (Wildman–Crippen MR) is 67.6 cm³/mol. The largest absolute Gasteiger partial charge is 0.450 e. The molecule has 0 spiro atoms. The average Bonchev–Trinajstić information content (AvgIpc) is 2.35. The van der Waals surface area contributed by atoms with E-state index in [1.807, 2.05) is 20.8 Å². The molecule has 0 aliphatic carbocycles. The van der Waals surface area contributed by atoms with Gasteiger partial charge in [-0.15, -0.1) is 0 Å². The van der Waals surface area contributed by atoms with E-state index in [1.165, 1.54) is 12.1 Å². The molecule has 0 aliphatic heterocycles. The van der Waals surface area contributed by atoms with Crippen LogP contribution in [0, 0.1) is 0 Å². The van der Waals surface area contributed by atoms with Gasteiger partial charge >= 0.3 is 17.9 Å². The van der Waals surface area contributed by atoms with E-state index in [0.29, 0.717) is 5.56 Å². The lowest BCUT2D eigenvalue weighted by Crippen LogP contribution is -2.62. The van der Waals surface area contributed by atoms with Crippen molar-refractivity contribution in [1.29, 1.82) is 0 Å². The van der Waals surface area contributed by atoms with Gasteiger partial charge < -0.3 is 10.2 Å². The molecule has 8 heteroatoms. The molecule has 1 aromatic carbocycles. The number of carbonyl (C=O) groups is 1. The van der Waals surface area contributed by atoms with Gasteiger partial charge in [0.1, 0.15) is 0 Å². The van der Waals surface area contributed by atoms with Gasteiger partial charge in [-0.3, -0.25) is 4.79 Å². The third-order valence-electron chi connectivity index (χ3n) is 3.13. The molecule has 3 nitrogen and oxygen atoms in total. The molecule has 0 saturated heterocycles. The molecule has 0 aliphatic rings. The molecule has 22 heavy (non-hydrogen) atoms. The number of ketones is 1. The molecule has 0 aromatic heterocycles. The fraction of sp³-hybridized carbons (Fsp3) is 0.500. The smallest absolute Gasteiger partial charge is 0.354 e. The molecule has 0 radical (unpaired) electrons. The number of rotatable bonds is 3. The Morgan fingerprint density at radius 1 is 0.909 bits per heavy atom. The third-order valence-corrected chi connectivity index (χ3v) is 3.13. The van der Waals surface area contributed by atoms with Crippen LogP contribution >= 0.6 is 0 Å². The quantitative estimate of drug-likeness (QED) is 0.510. The van der Waals surface area contributed by atoms with Crippen LogP contribution in [0.3, 0.4) is 0 Å². The van der Waals surface area contributed by atoms with Gasteiger partial charge in [0.25, 0.3) is 0 Å². The Morgan fingerprint density at radius 2 is 1.32 bits per heavy atom. The van der Waals surface area contributed by atoms with Crippen LogP contribution in [0.25, 0.3) is 0 Å². The number of Topliss-reactive ketones (excluding diaryl/α,β-unsaturated/α-hetero) is 1. The second-order valence-electron chi connectivity index (χ2n) is 5.90. The zero-order valence-corrected chi connectivity index (χ0v) is 12.0. The van der Waals surface area contributed by atoms with Gasteiger partial charge in [0.2, 0.25) is 5.78 Å². The normalized spacial score (nSPS) is 14.1. The maximum atomic E-state index is 13.5. The van der Waals surface area contributed by atoms with Crippen molar-refractivity contribution in [3.8, 4) is 0 Å². The second-order valence-corrected chi connectivity index (χ2v) is 5.90. The van der Waals surface area contributed by atoms with Crippen LogP contribution in [0.2, 0.25) is 0 Å². The summed E-state index contributed by atoms with van der Waals surface area (Å²) in [6, 6.07) is 4.47. The van der Waals surface area contributed by atoms with Crippen LogP contribution in [-0.2, 0) is 5.41 Å². The van der Waals surface area contributed by atoms with Crippen LogP contribution in [0.1, 0.15) is 36.7 Å². The summed E-state index contributed by atoms with van der Waals surface area (Å²) in [6.07, 6.45) is -6.09. The van der Waals surface area contributed by atoms with Crippen molar-refractivity contribution in [3.05, 3.63) is 35.4 Å². The Kier molecular flexibility index (Phi) is 4.44. The van der Waals surface area contributed by atoms with Crippen molar-refractivity contribution >= 4 is 5.78 Å². The number of carbonyl (C=O) groups excluding carboxylic acids is 1. The highest BCUT2D eigenvalue weighted by molar-refractivity contribution is 6.02. The van der Waals surface area contributed by atoms with Crippen LogP contribution in [0.15, 0.2) is 24.3 Å². The van der Waals surface area contributed by atoms with Crippen LogP contribution in [0.5, 0.6) is 0 Å². The first-order valence-corrected chi connectivity index (χ1v) is 6.17. The van der Waals surface area contributed by atoms with Crippen molar-refractivity contribution < 1.29 is 37.0 Å². The van der Waals surface area contributed by atoms with Gasteiger partial charge in [-0.1, -0.05) is 45.0 Å². The Labute approximate surface area is 123 Å². The molecule has 0 unspecified atom stereocenters. The minimum atomic E-state index is -6.09. The van der Waals surface area contributed by atoms with Crippen molar-refractivity contribution in [3.63, 3.8) is 0 Å². The van der Waals surface area contributed by atoms with Crippen molar-refractivity contribution in [2.24, 2.45) is 0 Å². The minimum absolute atomic E-state index is 0.353. The maximum Gasteiger partial charge on any atom is 0.450 e. The Bertz CT molecular complexity index is 553. The molecule has 0 saturated carbocycles. The average molecular weight is 326 g/mol. The SMILES string of the molecule is CC(C)(C)c1ccc(C(=O)C(F)(F)C(O)(O)C(F)(F)F)cc1. The summed E-state index contributed by atoms with van der Waals surface area (Å²) in [5.41, 5.74) is -0.439. The van der Waals surface area contributed by atoms with Gasteiger partial charge in [0.15, 0.2) is 0 Å². The molecule has 0 amide bonds. The number of hydrogen-bond acceptors (Lipinski definition) is 3. The van der Waals surface area contributed by atoms with E-state index in [4.69, 9.17) is 10.2 Å². The van der Waals surface area contributed by atoms with E-state index < -0.39 is 29.2 Å². The highest BCUT2D eigenvalue weighted by Gasteiger charge is 2.72. The molecule has 0 bridgehead atoms. The topological polar surface area (TPSA) is 57.5 Å². The zero-order chi connectivity index (χ0) is 17.6. The fourth-order valence-electron chi connectivity index (χ4n) is 1.64. The summed E-state index contributed by atoms with van der Waals surface area (Å²) in [6.45, 7) is 5.44. The summed E-state index contributed by atoms with van der Waals surface area (Å²) in [5, 5.41) is 17.3. The molecule has 0 atom stereocenters. The minimum Gasteiger partial charge on any atom is -0.354 e. The number of halogens is 5. The summed E-state index contributed by atoms with van der Waals surface area (Å²) >= 11 is 0. The third kappa shape index (κ3) is 3.12. The highest BCUT2D eigenvalue weighted by Crippen LogP contribution is 2.41. The fourth-order valence-corrected chi connectivity index (χ4v) is 1.64. The predicted octanol–water partition coefficient (Wildman–Crippen LogP) is 3.05. The molecule has 0 fully saturated rings. The lowest BCUT2D eigenvalue weighted by molar-refractivity contribution is -0.402. The molecular weight excluding hydrogens is 311 g/mol. The van der Waals surface area contributed by atoms with Gasteiger partial charge in [-0.05, 0) is 11.0 Å². The van der Waals surface area contributed by atoms with E-state index in [0.717, 1.165) is 12.1 Å².